The molecular weight excluding hydrogens is 514 g/mol. The smallest absolute Gasteiger partial charge is 0.251 e. The van der Waals surface area contributed by atoms with Gasteiger partial charge in [0.05, 0.1) is 16.8 Å². The largest absolute Gasteiger partial charge is 0.342 e. The number of allylic oxidation sites excluding steroid dienone is 1. The normalized spacial score (nSPS) is 11.6. The standard InChI is InChI=1S/C22H21BrClN5O2S/c1-3-11-29-20(14(2)25-21(31)15-7-5-4-6-8-15)27-28-22(29)32-13-19(30)26-16-9-10-17(23)18(24)12-16/h3-10,12,14H,1,11,13H2,2H3,(H,25,31)(H,26,30)/t14-/m1/s1. The third kappa shape index (κ3) is 6.21. The first-order chi connectivity index (χ1) is 15.4. The molecule has 0 aliphatic carbocycles. The van der Waals surface area contributed by atoms with E-state index in [1.165, 1.54) is 11.8 Å². The lowest BCUT2D eigenvalue weighted by Crippen LogP contribution is -2.28. The van der Waals surface area contributed by atoms with Crippen LogP contribution in [-0.2, 0) is 11.3 Å². The molecule has 32 heavy (non-hydrogen) atoms. The first-order valence-corrected chi connectivity index (χ1v) is 11.8. The van der Waals surface area contributed by atoms with Crippen LogP contribution in [0.15, 0.2) is 70.8 Å². The third-order valence-electron chi connectivity index (χ3n) is 4.36. The summed E-state index contributed by atoms with van der Waals surface area (Å²) in [6, 6.07) is 13.8. The van der Waals surface area contributed by atoms with Crippen molar-refractivity contribution in [1.82, 2.24) is 20.1 Å². The minimum atomic E-state index is -0.386. The van der Waals surface area contributed by atoms with Crippen LogP contribution in [-0.4, -0.2) is 32.3 Å². The molecule has 166 valence electrons. The van der Waals surface area contributed by atoms with Crippen molar-refractivity contribution in [2.45, 2.75) is 24.7 Å². The summed E-state index contributed by atoms with van der Waals surface area (Å²) >= 11 is 10.6. The van der Waals surface area contributed by atoms with Gasteiger partial charge in [-0.2, -0.15) is 0 Å². The molecule has 0 unspecified atom stereocenters. The van der Waals surface area contributed by atoms with Crippen molar-refractivity contribution in [2.75, 3.05) is 11.1 Å². The maximum atomic E-state index is 12.5. The van der Waals surface area contributed by atoms with Crippen LogP contribution in [0, 0.1) is 0 Å². The molecule has 2 amide bonds. The molecule has 1 atom stereocenters. The van der Waals surface area contributed by atoms with Crippen molar-refractivity contribution in [2.24, 2.45) is 0 Å². The summed E-state index contributed by atoms with van der Waals surface area (Å²) in [5.41, 5.74) is 1.17. The lowest BCUT2D eigenvalue weighted by Gasteiger charge is -2.15. The molecule has 0 spiro atoms. The first-order valence-electron chi connectivity index (χ1n) is 9.66. The minimum Gasteiger partial charge on any atom is -0.342 e. The van der Waals surface area contributed by atoms with Crippen LogP contribution in [0.1, 0.15) is 29.1 Å². The van der Waals surface area contributed by atoms with Gasteiger partial charge in [-0.15, -0.1) is 16.8 Å². The molecule has 0 saturated carbocycles. The monoisotopic (exact) mass is 533 g/mol. The molecule has 0 aliphatic rings. The molecule has 0 radical (unpaired) electrons. The third-order valence-corrected chi connectivity index (χ3v) is 6.56. The summed E-state index contributed by atoms with van der Waals surface area (Å²) < 4.78 is 2.59. The van der Waals surface area contributed by atoms with Gasteiger partial charge in [0.15, 0.2) is 11.0 Å². The highest BCUT2D eigenvalue weighted by atomic mass is 79.9. The van der Waals surface area contributed by atoms with Crippen LogP contribution in [0.4, 0.5) is 5.69 Å². The van der Waals surface area contributed by atoms with Gasteiger partial charge in [-0.1, -0.05) is 47.6 Å². The van der Waals surface area contributed by atoms with Crippen molar-refractivity contribution < 1.29 is 9.59 Å². The fourth-order valence-electron chi connectivity index (χ4n) is 2.86. The number of carbonyl (C=O) groups excluding carboxylic acids is 2. The molecule has 2 aromatic carbocycles. The zero-order valence-corrected chi connectivity index (χ0v) is 20.4. The maximum absolute atomic E-state index is 12.5. The zero-order valence-electron chi connectivity index (χ0n) is 17.2. The molecule has 1 heterocycles. The van der Waals surface area contributed by atoms with E-state index < -0.39 is 0 Å². The Morgan fingerprint density at radius 2 is 2.00 bits per heavy atom. The number of halogens is 2. The van der Waals surface area contributed by atoms with Crippen molar-refractivity contribution in [3.8, 4) is 0 Å². The number of benzene rings is 2. The van der Waals surface area contributed by atoms with Crippen LogP contribution in [0.2, 0.25) is 5.02 Å². The van der Waals surface area contributed by atoms with Gasteiger partial charge in [-0.05, 0) is 53.2 Å². The SMILES string of the molecule is C=CCn1c(SCC(=O)Nc2ccc(Br)c(Cl)c2)nnc1[C@@H](C)NC(=O)c1ccccc1. The van der Waals surface area contributed by atoms with E-state index in [1.807, 2.05) is 29.7 Å². The maximum Gasteiger partial charge on any atom is 0.251 e. The Hall–Kier alpha value is -2.62. The van der Waals surface area contributed by atoms with Gasteiger partial charge < -0.3 is 15.2 Å². The molecule has 0 bridgehead atoms. The van der Waals surface area contributed by atoms with E-state index in [-0.39, 0.29) is 23.6 Å². The van der Waals surface area contributed by atoms with Crippen molar-refractivity contribution in [3.63, 3.8) is 0 Å². The topological polar surface area (TPSA) is 88.9 Å². The number of hydrogen-bond acceptors (Lipinski definition) is 5. The van der Waals surface area contributed by atoms with Gasteiger partial charge in [0.25, 0.3) is 5.91 Å². The Balaban J connectivity index is 1.65. The lowest BCUT2D eigenvalue weighted by molar-refractivity contribution is -0.113. The Morgan fingerprint density at radius 1 is 1.25 bits per heavy atom. The molecule has 3 aromatic rings. The number of nitrogens with one attached hydrogen (secondary N) is 2. The highest BCUT2D eigenvalue weighted by molar-refractivity contribution is 9.10. The first kappa shape index (κ1) is 24.0. The number of carbonyl (C=O) groups is 2. The van der Waals surface area contributed by atoms with Crippen molar-refractivity contribution in [1.29, 1.82) is 0 Å². The fourth-order valence-corrected chi connectivity index (χ4v) is 4.04. The number of rotatable bonds is 9. The fraction of sp³-hybridized carbons (Fsp3) is 0.182. The summed E-state index contributed by atoms with van der Waals surface area (Å²) in [7, 11) is 0. The summed E-state index contributed by atoms with van der Waals surface area (Å²) in [5.74, 6) is 0.312. The van der Waals surface area contributed by atoms with Gasteiger partial charge in [-0.3, -0.25) is 9.59 Å². The summed E-state index contributed by atoms with van der Waals surface area (Å²) in [4.78, 5) is 24.9. The number of anilines is 1. The van der Waals surface area contributed by atoms with Crippen molar-refractivity contribution in [3.05, 3.63) is 82.1 Å². The molecule has 0 saturated heterocycles. The van der Waals surface area contributed by atoms with E-state index in [9.17, 15) is 9.59 Å². The number of thioether (sulfide) groups is 1. The number of amides is 2. The van der Waals surface area contributed by atoms with Crippen LogP contribution in [0.25, 0.3) is 0 Å². The van der Waals surface area contributed by atoms with Gasteiger partial charge in [0.2, 0.25) is 5.91 Å². The highest BCUT2D eigenvalue weighted by Crippen LogP contribution is 2.26. The molecule has 3 rings (SSSR count). The Kier molecular flexibility index (Phi) is 8.49. The van der Waals surface area contributed by atoms with Crippen LogP contribution in [0.3, 0.4) is 0 Å². The highest BCUT2D eigenvalue weighted by Gasteiger charge is 2.20. The Bertz CT molecular complexity index is 1120. The van der Waals surface area contributed by atoms with Gasteiger partial charge >= 0.3 is 0 Å². The number of nitrogens with zero attached hydrogens (tertiary/aromatic N) is 3. The molecule has 0 aliphatic heterocycles. The average Bonchev–Trinajstić information content (AvgIpc) is 3.18. The van der Waals surface area contributed by atoms with Crippen LogP contribution in [0.5, 0.6) is 0 Å². The predicted octanol–water partition coefficient (Wildman–Crippen LogP) is 5.10. The molecule has 0 fully saturated rings. The van der Waals surface area contributed by atoms with Crippen LogP contribution < -0.4 is 10.6 Å². The van der Waals surface area contributed by atoms with E-state index in [0.29, 0.717) is 33.8 Å². The average molecular weight is 535 g/mol. The molecule has 7 nitrogen and oxygen atoms in total. The van der Waals surface area contributed by atoms with E-state index in [0.717, 1.165) is 4.47 Å². The van der Waals surface area contributed by atoms with E-state index in [2.05, 4.69) is 43.3 Å². The lowest BCUT2D eigenvalue weighted by atomic mass is 10.2. The number of hydrogen-bond donors (Lipinski definition) is 2. The second kappa shape index (κ2) is 11.3. The summed E-state index contributed by atoms with van der Waals surface area (Å²) in [5, 5.41) is 15.3. The van der Waals surface area contributed by atoms with E-state index in [4.69, 9.17) is 11.6 Å². The second-order valence-corrected chi connectivity index (χ2v) is 8.97. The van der Waals surface area contributed by atoms with E-state index >= 15 is 0 Å². The minimum absolute atomic E-state index is 0.133. The molecule has 1 aromatic heterocycles. The van der Waals surface area contributed by atoms with Crippen LogP contribution >= 0.6 is 39.3 Å². The van der Waals surface area contributed by atoms with Gasteiger partial charge in [0.1, 0.15) is 0 Å². The second-order valence-electron chi connectivity index (χ2n) is 6.77. The number of aromatic nitrogens is 3. The van der Waals surface area contributed by atoms with Crippen molar-refractivity contribution >= 4 is 56.8 Å². The predicted molar refractivity (Wildman–Crippen MR) is 131 cm³/mol. The Labute approximate surface area is 203 Å². The van der Waals surface area contributed by atoms with Gasteiger partial charge in [-0.25, -0.2) is 0 Å². The quantitative estimate of drug-likeness (QED) is 0.294. The molecule has 10 heteroatoms. The zero-order chi connectivity index (χ0) is 23.1. The van der Waals surface area contributed by atoms with Gasteiger partial charge in [0, 0.05) is 22.3 Å². The molecule has 2 N–H and O–H groups in total. The summed E-state index contributed by atoms with van der Waals surface area (Å²) in [6.45, 7) is 6.06. The summed E-state index contributed by atoms with van der Waals surface area (Å²) in [6.07, 6.45) is 1.71. The van der Waals surface area contributed by atoms with E-state index in [1.54, 1.807) is 36.4 Å². The Morgan fingerprint density at radius 3 is 2.69 bits per heavy atom. The molecular formula is C22H21BrClN5O2S.